The van der Waals surface area contributed by atoms with Crippen molar-refractivity contribution in [2.24, 2.45) is 0 Å². The largest absolute Gasteiger partial charge is 0.399 e. The van der Waals surface area contributed by atoms with Crippen molar-refractivity contribution in [2.45, 2.75) is 16.8 Å². The first-order valence-electron chi connectivity index (χ1n) is 4.71. The Balaban J connectivity index is 2.22. The lowest BCUT2D eigenvalue weighted by atomic mass is 10.3. The Bertz CT molecular complexity index is 451. The number of hydrogen-bond donors (Lipinski definition) is 1. The minimum absolute atomic E-state index is 0.789. The molecule has 0 unspecified atom stereocenters. The second-order valence-electron chi connectivity index (χ2n) is 3.30. The normalized spacial score (nSPS) is 10.2. The van der Waals surface area contributed by atoms with Crippen LogP contribution < -0.4 is 5.73 Å². The van der Waals surface area contributed by atoms with E-state index in [4.69, 9.17) is 5.73 Å². The van der Waals surface area contributed by atoms with Gasteiger partial charge in [0.25, 0.3) is 0 Å². The Morgan fingerprint density at radius 1 is 1.13 bits per heavy atom. The molecule has 0 amide bonds. The Kier molecular flexibility index (Phi) is 2.92. The van der Waals surface area contributed by atoms with Gasteiger partial charge in [0, 0.05) is 16.8 Å². The molecule has 2 rings (SSSR count). The zero-order chi connectivity index (χ0) is 10.7. The van der Waals surface area contributed by atoms with Gasteiger partial charge in [-0.05, 0) is 42.8 Å². The van der Waals surface area contributed by atoms with Gasteiger partial charge in [0.1, 0.15) is 5.03 Å². The van der Waals surface area contributed by atoms with E-state index in [2.05, 4.69) is 18.0 Å². The third-order valence-corrected chi connectivity index (χ3v) is 3.18. The van der Waals surface area contributed by atoms with E-state index in [1.54, 1.807) is 11.8 Å². The van der Waals surface area contributed by atoms with E-state index in [1.807, 2.05) is 36.5 Å². The molecule has 0 radical (unpaired) electrons. The van der Waals surface area contributed by atoms with Crippen molar-refractivity contribution < 1.29 is 0 Å². The molecule has 0 fully saturated rings. The second-order valence-corrected chi connectivity index (χ2v) is 4.36. The molecule has 0 saturated heterocycles. The van der Waals surface area contributed by atoms with Gasteiger partial charge in [-0.25, -0.2) is 4.98 Å². The van der Waals surface area contributed by atoms with Crippen molar-refractivity contribution in [3.63, 3.8) is 0 Å². The number of nitrogens with zero attached hydrogens (tertiary/aromatic N) is 1. The summed E-state index contributed by atoms with van der Waals surface area (Å²) >= 11 is 1.66. The van der Waals surface area contributed by atoms with Crippen LogP contribution in [0.1, 0.15) is 5.56 Å². The summed E-state index contributed by atoms with van der Waals surface area (Å²) in [6.45, 7) is 2.06. The maximum Gasteiger partial charge on any atom is 0.104 e. The lowest BCUT2D eigenvalue weighted by molar-refractivity contribution is 1.08. The highest BCUT2D eigenvalue weighted by Crippen LogP contribution is 2.28. The van der Waals surface area contributed by atoms with Crippen LogP contribution in [0.3, 0.4) is 0 Å². The topological polar surface area (TPSA) is 38.9 Å². The first-order valence-corrected chi connectivity index (χ1v) is 5.52. The Hall–Kier alpha value is -1.48. The summed E-state index contributed by atoms with van der Waals surface area (Å²) in [5.41, 5.74) is 7.61. The third kappa shape index (κ3) is 2.50. The number of pyridine rings is 1. The van der Waals surface area contributed by atoms with Crippen LogP contribution in [0.4, 0.5) is 5.69 Å². The smallest absolute Gasteiger partial charge is 0.104 e. The first-order chi connectivity index (χ1) is 7.25. The van der Waals surface area contributed by atoms with Crippen molar-refractivity contribution in [1.29, 1.82) is 0 Å². The van der Waals surface area contributed by atoms with Crippen LogP contribution in [0.5, 0.6) is 0 Å². The van der Waals surface area contributed by atoms with E-state index in [0.29, 0.717) is 0 Å². The number of aryl methyl sites for hydroxylation is 1. The maximum atomic E-state index is 5.63. The number of nitrogens with two attached hydrogens (primary N) is 1. The van der Waals surface area contributed by atoms with Crippen LogP contribution in [-0.4, -0.2) is 4.98 Å². The van der Waals surface area contributed by atoms with Crippen molar-refractivity contribution >= 4 is 17.4 Å². The van der Waals surface area contributed by atoms with Gasteiger partial charge in [-0.1, -0.05) is 17.8 Å². The Labute approximate surface area is 93.5 Å². The summed E-state index contributed by atoms with van der Waals surface area (Å²) in [5, 5.41) is 1.04. The molecule has 3 heteroatoms. The number of hydrogen-bond acceptors (Lipinski definition) is 3. The molecule has 0 spiro atoms. The average molecular weight is 216 g/mol. The summed E-state index contributed by atoms with van der Waals surface area (Å²) in [5.74, 6) is 0. The number of anilines is 1. The average Bonchev–Trinajstić information content (AvgIpc) is 2.25. The SMILES string of the molecule is Cc1cccnc1Sc1ccc(N)cc1. The maximum absolute atomic E-state index is 5.63. The van der Waals surface area contributed by atoms with E-state index < -0.39 is 0 Å². The van der Waals surface area contributed by atoms with Crippen molar-refractivity contribution in [3.8, 4) is 0 Å². The van der Waals surface area contributed by atoms with Gasteiger partial charge in [0.15, 0.2) is 0 Å². The molecule has 2 N–H and O–H groups in total. The van der Waals surface area contributed by atoms with Crippen LogP contribution in [0, 0.1) is 6.92 Å². The molecule has 0 aliphatic heterocycles. The molecule has 1 heterocycles. The van der Waals surface area contributed by atoms with Crippen LogP contribution in [0.2, 0.25) is 0 Å². The molecule has 0 atom stereocenters. The summed E-state index contributed by atoms with van der Waals surface area (Å²) in [6, 6.07) is 11.8. The quantitative estimate of drug-likeness (QED) is 0.784. The lowest BCUT2D eigenvalue weighted by Gasteiger charge is -2.03. The molecule has 0 bridgehead atoms. The molecular formula is C12H12N2S. The van der Waals surface area contributed by atoms with Gasteiger partial charge in [0.05, 0.1) is 0 Å². The predicted molar refractivity (Wildman–Crippen MR) is 64.0 cm³/mol. The molecule has 76 valence electrons. The molecule has 0 aliphatic rings. The summed E-state index contributed by atoms with van der Waals surface area (Å²) in [4.78, 5) is 5.49. The Morgan fingerprint density at radius 3 is 2.53 bits per heavy atom. The highest BCUT2D eigenvalue weighted by molar-refractivity contribution is 7.99. The fourth-order valence-electron chi connectivity index (χ4n) is 1.23. The highest BCUT2D eigenvalue weighted by Gasteiger charge is 2.01. The standard InChI is InChI=1S/C12H12N2S/c1-9-3-2-8-14-12(9)15-11-6-4-10(13)5-7-11/h2-8H,13H2,1H3. The van der Waals surface area contributed by atoms with Crippen molar-refractivity contribution in [3.05, 3.63) is 48.2 Å². The van der Waals surface area contributed by atoms with Gasteiger partial charge in [-0.3, -0.25) is 0 Å². The molecule has 1 aromatic carbocycles. The lowest BCUT2D eigenvalue weighted by Crippen LogP contribution is -1.85. The zero-order valence-corrected chi connectivity index (χ0v) is 9.29. The van der Waals surface area contributed by atoms with Gasteiger partial charge >= 0.3 is 0 Å². The molecule has 0 aliphatic carbocycles. The fourth-order valence-corrected chi connectivity index (χ4v) is 2.06. The number of rotatable bonds is 2. The zero-order valence-electron chi connectivity index (χ0n) is 8.47. The number of benzene rings is 1. The van der Waals surface area contributed by atoms with E-state index in [0.717, 1.165) is 15.6 Å². The van der Waals surface area contributed by atoms with Crippen LogP contribution in [-0.2, 0) is 0 Å². The molecule has 1 aromatic heterocycles. The predicted octanol–water partition coefficient (Wildman–Crippen LogP) is 3.12. The molecule has 2 aromatic rings. The Morgan fingerprint density at radius 2 is 1.87 bits per heavy atom. The summed E-state index contributed by atoms with van der Waals surface area (Å²) in [7, 11) is 0. The van der Waals surface area contributed by atoms with Gasteiger partial charge in [0.2, 0.25) is 0 Å². The molecule has 0 saturated carbocycles. The third-order valence-electron chi connectivity index (χ3n) is 2.06. The minimum atomic E-state index is 0.789. The highest BCUT2D eigenvalue weighted by atomic mass is 32.2. The van der Waals surface area contributed by atoms with Gasteiger partial charge in [-0.15, -0.1) is 0 Å². The van der Waals surface area contributed by atoms with Crippen LogP contribution in [0.25, 0.3) is 0 Å². The molecular weight excluding hydrogens is 204 g/mol. The van der Waals surface area contributed by atoms with E-state index in [-0.39, 0.29) is 0 Å². The van der Waals surface area contributed by atoms with Crippen LogP contribution >= 0.6 is 11.8 Å². The first kappa shape index (κ1) is 10.1. The van der Waals surface area contributed by atoms with E-state index in [1.165, 1.54) is 5.56 Å². The molecule has 2 nitrogen and oxygen atoms in total. The fraction of sp³-hybridized carbons (Fsp3) is 0.0833. The van der Waals surface area contributed by atoms with Crippen molar-refractivity contribution in [1.82, 2.24) is 4.98 Å². The van der Waals surface area contributed by atoms with Gasteiger partial charge < -0.3 is 5.73 Å². The summed E-state index contributed by atoms with van der Waals surface area (Å²) < 4.78 is 0. The number of nitrogen functional groups attached to an aromatic ring is 1. The monoisotopic (exact) mass is 216 g/mol. The summed E-state index contributed by atoms with van der Waals surface area (Å²) in [6.07, 6.45) is 1.81. The number of aromatic nitrogens is 1. The second kappa shape index (κ2) is 4.36. The molecule has 15 heavy (non-hydrogen) atoms. The van der Waals surface area contributed by atoms with Crippen LogP contribution in [0.15, 0.2) is 52.5 Å². The minimum Gasteiger partial charge on any atom is -0.399 e. The van der Waals surface area contributed by atoms with Gasteiger partial charge in [-0.2, -0.15) is 0 Å². The van der Waals surface area contributed by atoms with E-state index >= 15 is 0 Å². The van der Waals surface area contributed by atoms with E-state index in [9.17, 15) is 0 Å². The van der Waals surface area contributed by atoms with Crippen molar-refractivity contribution in [2.75, 3.05) is 5.73 Å².